The van der Waals surface area contributed by atoms with Gasteiger partial charge in [0.2, 0.25) is 0 Å². The van der Waals surface area contributed by atoms with Crippen molar-refractivity contribution in [3.05, 3.63) is 42.0 Å². The highest BCUT2D eigenvalue weighted by molar-refractivity contribution is 5.87. The lowest BCUT2D eigenvalue weighted by atomic mass is 9.41. The Morgan fingerprint density at radius 2 is 1.69 bits per heavy atom. The van der Waals surface area contributed by atoms with Crippen LogP contribution >= 0.6 is 0 Å². The van der Waals surface area contributed by atoms with Gasteiger partial charge in [0.05, 0.1) is 11.7 Å². The van der Waals surface area contributed by atoms with Crippen LogP contribution in [-0.2, 0) is 23.9 Å². The monoisotopic (exact) mass is 538 g/mol. The molecule has 5 rings (SSSR count). The van der Waals surface area contributed by atoms with E-state index in [0.29, 0.717) is 32.1 Å². The lowest BCUT2D eigenvalue weighted by molar-refractivity contribution is -0.290. The Balaban J connectivity index is 1.61. The van der Waals surface area contributed by atoms with Crippen molar-refractivity contribution in [2.45, 2.75) is 96.6 Å². The van der Waals surface area contributed by atoms with Crippen molar-refractivity contribution in [1.29, 1.82) is 0 Å². The molecule has 4 aliphatic carbocycles. The predicted molar refractivity (Wildman–Crippen MR) is 145 cm³/mol. The Labute approximate surface area is 231 Å². The molecule has 0 spiro atoms. The first kappa shape index (κ1) is 28.0. The number of ketones is 1. The molecule has 0 radical (unpaired) electrons. The Morgan fingerprint density at radius 3 is 2.36 bits per heavy atom. The average molecular weight is 539 g/mol. The second-order valence-corrected chi connectivity index (χ2v) is 12.9. The largest absolute Gasteiger partial charge is 0.458 e. The number of hydrogen-bond acceptors (Lipinski definition) is 7. The van der Waals surface area contributed by atoms with E-state index in [4.69, 9.17) is 9.47 Å². The van der Waals surface area contributed by atoms with Crippen LogP contribution in [0.4, 0.5) is 0 Å². The number of fused-ring (bicyclic) bond motifs is 5. The van der Waals surface area contributed by atoms with Gasteiger partial charge in [-0.1, -0.05) is 44.2 Å². The van der Waals surface area contributed by atoms with Gasteiger partial charge >= 0.3 is 11.9 Å². The fraction of sp³-hybridized carbons (Fsp3) is 0.656. The van der Waals surface area contributed by atoms with Crippen LogP contribution in [0, 0.1) is 34.5 Å². The summed E-state index contributed by atoms with van der Waals surface area (Å²) in [6.45, 7) is 6.90. The second kappa shape index (κ2) is 10.2. The van der Waals surface area contributed by atoms with Crippen LogP contribution in [0.5, 0.6) is 0 Å². The number of rotatable bonds is 5. The summed E-state index contributed by atoms with van der Waals surface area (Å²) in [5, 5.41) is 23.1. The molecule has 39 heavy (non-hydrogen) atoms. The zero-order chi connectivity index (χ0) is 28.2. The van der Waals surface area contributed by atoms with E-state index in [0.717, 1.165) is 18.4 Å². The summed E-state index contributed by atoms with van der Waals surface area (Å²) in [5.74, 6) is -1.98. The molecular weight excluding hydrogens is 496 g/mol. The zero-order valence-corrected chi connectivity index (χ0v) is 23.5. The van der Waals surface area contributed by atoms with E-state index < -0.39 is 41.1 Å². The molecule has 0 bridgehead atoms. The van der Waals surface area contributed by atoms with Gasteiger partial charge in [0, 0.05) is 30.3 Å². The lowest BCUT2D eigenvalue weighted by Gasteiger charge is -2.66. The number of aliphatic hydroxyl groups excluding tert-OH is 1. The van der Waals surface area contributed by atoms with E-state index in [-0.39, 0.29) is 35.1 Å². The molecule has 0 aliphatic heterocycles. The number of benzene rings is 1. The molecular formula is C32H42O7. The molecule has 1 aromatic carbocycles. The van der Waals surface area contributed by atoms with Crippen molar-refractivity contribution in [1.82, 2.24) is 0 Å². The van der Waals surface area contributed by atoms with Crippen LogP contribution in [0.3, 0.4) is 0 Å². The highest BCUT2D eigenvalue weighted by Crippen LogP contribution is 2.70. The molecule has 4 saturated carbocycles. The van der Waals surface area contributed by atoms with Gasteiger partial charge in [-0.3, -0.25) is 9.59 Å². The number of carbonyl (C=O) groups excluding carboxylic acids is 3. The maximum atomic E-state index is 13.4. The van der Waals surface area contributed by atoms with Gasteiger partial charge in [-0.15, -0.1) is 0 Å². The van der Waals surface area contributed by atoms with Crippen LogP contribution in [0.2, 0.25) is 0 Å². The minimum absolute atomic E-state index is 0.0567. The minimum Gasteiger partial charge on any atom is -0.458 e. The third-order valence-electron chi connectivity index (χ3n) is 11.1. The molecule has 4 fully saturated rings. The SMILES string of the molecule is CC(=O)O[C@@H]1[C@@H](OC(=O)/C=C/c2ccccc2)[C@H]2[C@@H](CCC3C[C@@H](O)CC[C@@]32C)[C@@]2(O)CC[C@H](C(C)=O)[C@@]12C. The molecule has 7 heteroatoms. The number of Topliss-reactive ketones (excluding diaryl/α,β-unsaturated/α-hetero) is 1. The number of hydrogen-bond donors (Lipinski definition) is 2. The highest BCUT2D eigenvalue weighted by Gasteiger charge is 2.75. The molecule has 1 unspecified atom stereocenters. The summed E-state index contributed by atoms with van der Waals surface area (Å²) in [6.07, 6.45) is 5.41. The molecule has 7 nitrogen and oxygen atoms in total. The van der Waals surface area contributed by atoms with Gasteiger partial charge in [0.25, 0.3) is 0 Å². The first-order chi connectivity index (χ1) is 18.4. The van der Waals surface area contributed by atoms with Crippen molar-refractivity contribution in [2.75, 3.05) is 0 Å². The number of aliphatic hydroxyl groups is 2. The van der Waals surface area contributed by atoms with Gasteiger partial charge in [-0.25, -0.2) is 4.79 Å². The molecule has 1 aromatic rings. The summed E-state index contributed by atoms with van der Waals surface area (Å²) in [5.41, 5.74) is -1.83. The molecule has 0 heterocycles. The predicted octanol–water partition coefficient (Wildman–Crippen LogP) is 4.49. The maximum absolute atomic E-state index is 13.4. The van der Waals surface area contributed by atoms with Gasteiger partial charge in [0.1, 0.15) is 18.0 Å². The van der Waals surface area contributed by atoms with Crippen LogP contribution in [0.25, 0.3) is 6.08 Å². The van der Waals surface area contributed by atoms with Crippen LogP contribution < -0.4 is 0 Å². The fourth-order valence-corrected chi connectivity index (χ4v) is 9.27. The third-order valence-corrected chi connectivity index (χ3v) is 11.1. The van der Waals surface area contributed by atoms with Crippen molar-refractivity contribution >= 4 is 23.8 Å². The molecule has 10 atom stereocenters. The lowest BCUT2D eigenvalue weighted by Crippen LogP contribution is -2.73. The standard InChI is InChI=1S/C32H42O7/c1-19(33)24-15-17-32(37)25-12-11-22-18-23(35)14-16-30(22,3)27(25)28(29(31(24,32)4)38-20(2)34)39-26(36)13-10-21-8-6-5-7-9-21/h5-10,13,22-25,27-29,35,37H,11-12,14-18H2,1-4H3/b13-10+/t22?,23-,24+,25+,27+,28-,29+,30-,31-,32-/m0/s1. The van der Waals surface area contributed by atoms with E-state index in [2.05, 4.69) is 6.92 Å². The third kappa shape index (κ3) is 4.46. The topological polar surface area (TPSA) is 110 Å². The fourth-order valence-electron chi connectivity index (χ4n) is 9.27. The van der Waals surface area contributed by atoms with Crippen molar-refractivity contribution in [3.63, 3.8) is 0 Å². The van der Waals surface area contributed by atoms with Gasteiger partial charge < -0.3 is 19.7 Å². The molecule has 0 amide bonds. The number of ether oxygens (including phenoxy) is 2. The van der Waals surface area contributed by atoms with Crippen molar-refractivity contribution < 1.29 is 34.1 Å². The summed E-state index contributed by atoms with van der Waals surface area (Å²) >= 11 is 0. The summed E-state index contributed by atoms with van der Waals surface area (Å²) in [7, 11) is 0. The molecule has 0 saturated heterocycles. The summed E-state index contributed by atoms with van der Waals surface area (Å²) in [6, 6.07) is 9.45. The quantitative estimate of drug-likeness (QED) is 0.420. The van der Waals surface area contributed by atoms with Crippen LogP contribution in [0.15, 0.2) is 36.4 Å². The number of carbonyl (C=O) groups is 3. The molecule has 2 N–H and O–H groups in total. The molecule has 0 aromatic heterocycles. The van der Waals surface area contributed by atoms with E-state index in [1.54, 1.807) is 6.08 Å². The zero-order valence-electron chi connectivity index (χ0n) is 23.5. The van der Waals surface area contributed by atoms with Crippen LogP contribution in [0.1, 0.15) is 78.2 Å². The first-order valence-electron chi connectivity index (χ1n) is 14.4. The summed E-state index contributed by atoms with van der Waals surface area (Å²) < 4.78 is 12.3. The van der Waals surface area contributed by atoms with E-state index in [1.165, 1.54) is 19.9 Å². The second-order valence-electron chi connectivity index (χ2n) is 12.9. The van der Waals surface area contributed by atoms with Gasteiger partial charge in [0.15, 0.2) is 0 Å². The van der Waals surface area contributed by atoms with Gasteiger partial charge in [-0.2, -0.15) is 0 Å². The Morgan fingerprint density at radius 1 is 0.974 bits per heavy atom. The Bertz CT molecular complexity index is 1150. The van der Waals surface area contributed by atoms with E-state index in [9.17, 15) is 24.6 Å². The number of esters is 2. The van der Waals surface area contributed by atoms with Crippen molar-refractivity contribution in [2.24, 2.45) is 34.5 Å². The molecule has 212 valence electrons. The van der Waals surface area contributed by atoms with E-state index in [1.807, 2.05) is 37.3 Å². The molecule has 4 aliphatic rings. The Kier molecular flexibility index (Phi) is 7.30. The van der Waals surface area contributed by atoms with Gasteiger partial charge in [-0.05, 0) is 80.8 Å². The maximum Gasteiger partial charge on any atom is 0.331 e. The highest BCUT2D eigenvalue weighted by atomic mass is 16.6. The van der Waals surface area contributed by atoms with E-state index >= 15 is 0 Å². The normalized spacial score (nSPS) is 43.2. The van der Waals surface area contributed by atoms with Crippen LogP contribution in [-0.4, -0.2) is 51.8 Å². The smallest absolute Gasteiger partial charge is 0.331 e. The average Bonchev–Trinajstić information content (AvgIpc) is 3.17. The minimum atomic E-state index is -1.25. The first-order valence-corrected chi connectivity index (χ1v) is 14.4. The van der Waals surface area contributed by atoms with Crippen molar-refractivity contribution in [3.8, 4) is 0 Å². The Hall–Kier alpha value is -2.51. The summed E-state index contributed by atoms with van der Waals surface area (Å²) in [4.78, 5) is 38.9.